The summed E-state index contributed by atoms with van der Waals surface area (Å²) in [6, 6.07) is 4.17. The standard InChI is InChI=1S/C27H36N6O/c1-20-6-10-33(11-7-20)18-24(34)14-23-12-21-13-26(29-16-22(21)15-28-23)25-17-30-31(2)27(25)19-32-8-4-3-5-9-32/h12-13,15-17,20H,3-11,14,18-19H2,1-2H3. The average Bonchev–Trinajstić information content (AvgIpc) is 3.20. The molecule has 0 N–H and O–H groups in total. The highest BCUT2D eigenvalue weighted by Crippen LogP contribution is 2.27. The van der Waals surface area contributed by atoms with Gasteiger partial charge in [0.1, 0.15) is 0 Å². The van der Waals surface area contributed by atoms with Crippen molar-refractivity contribution in [2.45, 2.75) is 52.0 Å². The van der Waals surface area contributed by atoms with E-state index in [-0.39, 0.29) is 5.78 Å². The second-order valence-electron chi connectivity index (χ2n) is 10.2. The molecule has 34 heavy (non-hydrogen) atoms. The third kappa shape index (κ3) is 5.36. The molecule has 2 saturated heterocycles. The largest absolute Gasteiger partial charge is 0.298 e. The number of fused-ring (bicyclic) bond motifs is 1. The summed E-state index contributed by atoms with van der Waals surface area (Å²) >= 11 is 0. The molecule has 0 saturated carbocycles. The zero-order chi connectivity index (χ0) is 23.5. The molecule has 0 bridgehead atoms. The van der Waals surface area contributed by atoms with Gasteiger partial charge in [-0.05, 0) is 75.3 Å². The maximum absolute atomic E-state index is 12.7. The number of aromatic nitrogens is 4. The number of ketones is 1. The molecule has 0 aromatic carbocycles. The lowest BCUT2D eigenvalue weighted by molar-refractivity contribution is -0.119. The van der Waals surface area contributed by atoms with E-state index in [1.54, 1.807) is 0 Å². The number of carbonyl (C=O) groups excluding carboxylic acids is 1. The molecular formula is C27H36N6O. The topological polar surface area (TPSA) is 67.2 Å². The lowest BCUT2D eigenvalue weighted by Gasteiger charge is -2.29. The van der Waals surface area contributed by atoms with Crippen molar-refractivity contribution < 1.29 is 4.79 Å². The second kappa shape index (κ2) is 10.3. The number of hydrogen-bond donors (Lipinski definition) is 0. The Labute approximate surface area is 202 Å². The Morgan fingerprint density at radius 1 is 0.941 bits per heavy atom. The maximum Gasteiger partial charge on any atom is 0.152 e. The van der Waals surface area contributed by atoms with E-state index >= 15 is 0 Å². The molecule has 0 aliphatic carbocycles. The van der Waals surface area contributed by atoms with Crippen LogP contribution in [-0.2, 0) is 24.8 Å². The number of hydrogen-bond acceptors (Lipinski definition) is 6. The normalized spacial score (nSPS) is 18.5. The van der Waals surface area contributed by atoms with Crippen molar-refractivity contribution in [1.82, 2.24) is 29.5 Å². The van der Waals surface area contributed by atoms with Crippen molar-refractivity contribution in [3.8, 4) is 11.3 Å². The third-order valence-electron chi connectivity index (χ3n) is 7.47. The van der Waals surface area contributed by atoms with Crippen LogP contribution in [0, 0.1) is 5.92 Å². The van der Waals surface area contributed by atoms with Crippen LogP contribution in [-0.4, -0.2) is 68.1 Å². The highest BCUT2D eigenvalue weighted by atomic mass is 16.1. The Kier molecular flexibility index (Phi) is 7.02. The van der Waals surface area contributed by atoms with Gasteiger partial charge in [-0.15, -0.1) is 0 Å². The lowest BCUT2D eigenvalue weighted by atomic mass is 9.99. The highest BCUT2D eigenvalue weighted by molar-refractivity contribution is 5.87. The summed E-state index contributed by atoms with van der Waals surface area (Å²) in [4.78, 5) is 26.8. The molecule has 0 amide bonds. The minimum atomic E-state index is 0.242. The molecule has 2 aliphatic rings. The Morgan fingerprint density at radius 2 is 1.71 bits per heavy atom. The van der Waals surface area contributed by atoms with E-state index in [1.165, 1.54) is 37.8 Å². The molecule has 0 atom stereocenters. The number of pyridine rings is 2. The average molecular weight is 461 g/mol. The summed E-state index contributed by atoms with van der Waals surface area (Å²) in [7, 11) is 2.01. The third-order valence-corrected chi connectivity index (χ3v) is 7.47. The van der Waals surface area contributed by atoms with Crippen molar-refractivity contribution >= 4 is 16.6 Å². The van der Waals surface area contributed by atoms with Crippen LogP contribution in [0.2, 0.25) is 0 Å². The number of Topliss-reactive ketones (excluding diaryl/α,β-unsaturated/α-hetero) is 1. The zero-order valence-electron chi connectivity index (χ0n) is 20.5. The summed E-state index contributed by atoms with van der Waals surface area (Å²) < 4.78 is 1.98. The van der Waals surface area contributed by atoms with Crippen LogP contribution in [0.4, 0.5) is 0 Å². The van der Waals surface area contributed by atoms with Crippen LogP contribution >= 0.6 is 0 Å². The molecule has 180 valence electrons. The molecule has 2 fully saturated rings. The number of likely N-dealkylation sites (tertiary alicyclic amines) is 2. The monoisotopic (exact) mass is 460 g/mol. The van der Waals surface area contributed by atoms with Gasteiger partial charge in [-0.2, -0.15) is 5.10 Å². The number of nitrogens with zero attached hydrogens (tertiary/aromatic N) is 6. The van der Waals surface area contributed by atoms with Gasteiger partial charge < -0.3 is 0 Å². The fourth-order valence-corrected chi connectivity index (χ4v) is 5.25. The van der Waals surface area contributed by atoms with Gasteiger partial charge in [0.05, 0.1) is 30.6 Å². The van der Waals surface area contributed by atoms with Gasteiger partial charge in [-0.1, -0.05) is 13.3 Å². The Balaban J connectivity index is 1.32. The fraction of sp³-hybridized carbons (Fsp3) is 0.556. The van der Waals surface area contributed by atoms with E-state index < -0.39 is 0 Å². The molecule has 7 nitrogen and oxygen atoms in total. The van der Waals surface area contributed by atoms with Crippen molar-refractivity contribution in [3.05, 3.63) is 42.1 Å². The van der Waals surface area contributed by atoms with E-state index in [9.17, 15) is 4.79 Å². The van der Waals surface area contributed by atoms with E-state index in [1.807, 2.05) is 30.3 Å². The summed E-state index contributed by atoms with van der Waals surface area (Å²) in [6.07, 6.45) is 12.3. The van der Waals surface area contributed by atoms with Gasteiger partial charge in [0, 0.05) is 42.6 Å². The van der Waals surface area contributed by atoms with E-state index in [0.29, 0.717) is 13.0 Å². The molecule has 0 spiro atoms. The van der Waals surface area contributed by atoms with E-state index in [2.05, 4.69) is 38.9 Å². The van der Waals surface area contributed by atoms with Gasteiger partial charge in [0.25, 0.3) is 0 Å². The molecule has 2 aliphatic heterocycles. The lowest BCUT2D eigenvalue weighted by Crippen LogP contribution is -2.37. The summed E-state index contributed by atoms with van der Waals surface area (Å²) in [5.74, 6) is 1.02. The van der Waals surface area contributed by atoms with Crippen molar-refractivity contribution in [2.75, 3.05) is 32.7 Å². The van der Waals surface area contributed by atoms with Crippen LogP contribution in [0.25, 0.3) is 22.0 Å². The summed E-state index contributed by atoms with van der Waals surface area (Å²) in [5, 5.41) is 6.61. The minimum Gasteiger partial charge on any atom is -0.298 e. The zero-order valence-corrected chi connectivity index (χ0v) is 20.5. The molecule has 3 aromatic heterocycles. The summed E-state index contributed by atoms with van der Waals surface area (Å²) in [5.41, 5.74) is 4.05. The predicted molar refractivity (Wildman–Crippen MR) is 134 cm³/mol. The molecular weight excluding hydrogens is 424 g/mol. The van der Waals surface area contributed by atoms with Gasteiger partial charge in [-0.3, -0.25) is 29.2 Å². The first-order chi connectivity index (χ1) is 16.5. The summed E-state index contributed by atoms with van der Waals surface area (Å²) in [6.45, 7) is 8.07. The van der Waals surface area contributed by atoms with Gasteiger partial charge in [-0.25, -0.2) is 0 Å². The minimum absolute atomic E-state index is 0.242. The molecule has 5 heterocycles. The van der Waals surface area contributed by atoms with Crippen LogP contribution in [0.15, 0.2) is 30.7 Å². The first-order valence-electron chi connectivity index (χ1n) is 12.8. The smallest absolute Gasteiger partial charge is 0.152 e. The molecule has 5 rings (SSSR count). The molecule has 0 unspecified atom stereocenters. The van der Waals surface area contributed by atoms with Gasteiger partial charge >= 0.3 is 0 Å². The first-order valence-corrected chi connectivity index (χ1v) is 12.8. The van der Waals surface area contributed by atoms with Crippen molar-refractivity contribution in [3.63, 3.8) is 0 Å². The first kappa shape index (κ1) is 23.1. The fourth-order valence-electron chi connectivity index (χ4n) is 5.25. The van der Waals surface area contributed by atoms with Crippen LogP contribution in [0.5, 0.6) is 0 Å². The molecule has 0 radical (unpaired) electrons. The van der Waals surface area contributed by atoms with Crippen molar-refractivity contribution in [1.29, 1.82) is 0 Å². The Hall–Kier alpha value is -2.64. The maximum atomic E-state index is 12.7. The van der Waals surface area contributed by atoms with Crippen LogP contribution < -0.4 is 0 Å². The highest BCUT2D eigenvalue weighted by Gasteiger charge is 2.20. The number of piperidine rings is 2. The molecule has 3 aromatic rings. The molecule has 7 heteroatoms. The van der Waals surface area contributed by atoms with Gasteiger partial charge in [0.2, 0.25) is 0 Å². The number of carbonyl (C=O) groups is 1. The number of rotatable bonds is 7. The van der Waals surface area contributed by atoms with Crippen LogP contribution in [0.1, 0.15) is 50.4 Å². The van der Waals surface area contributed by atoms with E-state index in [0.717, 1.165) is 66.4 Å². The second-order valence-corrected chi connectivity index (χ2v) is 10.2. The van der Waals surface area contributed by atoms with Crippen molar-refractivity contribution in [2.24, 2.45) is 13.0 Å². The predicted octanol–water partition coefficient (Wildman–Crippen LogP) is 3.86. The Morgan fingerprint density at radius 3 is 2.50 bits per heavy atom. The van der Waals surface area contributed by atoms with Gasteiger partial charge in [0.15, 0.2) is 5.78 Å². The Bertz CT molecular complexity index is 1140. The van der Waals surface area contributed by atoms with Crippen LogP contribution in [0.3, 0.4) is 0 Å². The number of aryl methyl sites for hydroxylation is 1. The quantitative estimate of drug-likeness (QED) is 0.533. The SMILES string of the molecule is CC1CCN(CC(=O)Cc2cc3cc(-c4cnn(C)c4CN4CCCCC4)ncc3cn2)CC1. The van der Waals surface area contributed by atoms with E-state index in [4.69, 9.17) is 4.98 Å².